The van der Waals surface area contributed by atoms with Crippen molar-refractivity contribution in [1.82, 2.24) is 10.2 Å². The second kappa shape index (κ2) is 7.21. The molecule has 0 spiro atoms. The molecule has 0 aromatic rings. The molecule has 0 saturated carbocycles. The van der Waals surface area contributed by atoms with Crippen molar-refractivity contribution >= 4 is 23.8 Å². The lowest BCUT2D eigenvalue weighted by Crippen LogP contribution is -2.44. The molecule has 1 aliphatic heterocycles. The van der Waals surface area contributed by atoms with Crippen LogP contribution in [0.3, 0.4) is 0 Å². The van der Waals surface area contributed by atoms with Crippen molar-refractivity contribution in [3.8, 4) is 0 Å². The number of hydrogen-bond donors (Lipinski definition) is 2. The fourth-order valence-electron chi connectivity index (χ4n) is 1.63. The van der Waals surface area contributed by atoms with E-state index < -0.39 is 5.97 Å². The van der Waals surface area contributed by atoms with Crippen molar-refractivity contribution in [1.29, 1.82) is 0 Å². The second-order valence-corrected chi connectivity index (χ2v) is 5.13. The molecule has 2 amide bonds. The van der Waals surface area contributed by atoms with Crippen LogP contribution in [-0.4, -0.2) is 53.1 Å². The summed E-state index contributed by atoms with van der Waals surface area (Å²) in [6, 6.07) is -0.329. The highest BCUT2D eigenvalue weighted by molar-refractivity contribution is 7.99. The Balaban J connectivity index is 2.35. The minimum atomic E-state index is -1.02. The third kappa shape index (κ3) is 5.12. The SMILES string of the molecule is C=CCN(CC(=O)O)C(=O)NCC1CCSC1. The molecule has 1 aliphatic rings. The number of carbonyl (C=O) groups is 2. The molecular formula is C11H18N2O3S. The molecule has 1 unspecified atom stereocenters. The third-order valence-electron chi connectivity index (χ3n) is 2.53. The zero-order valence-electron chi connectivity index (χ0n) is 9.72. The molecule has 96 valence electrons. The van der Waals surface area contributed by atoms with Gasteiger partial charge in [0, 0.05) is 13.1 Å². The maximum absolute atomic E-state index is 11.7. The van der Waals surface area contributed by atoms with Gasteiger partial charge < -0.3 is 15.3 Å². The van der Waals surface area contributed by atoms with Crippen molar-refractivity contribution in [3.63, 3.8) is 0 Å². The van der Waals surface area contributed by atoms with Crippen LogP contribution in [-0.2, 0) is 4.79 Å². The molecule has 1 atom stereocenters. The summed E-state index contributed by atoms with van der Waals surface area (Å²) >= 11 is 1.89. The van der Waals surface area contributed by atoms with Crippen LogP contribution in [0.2, 0.25) is 0 Å². The molecule has 1 rings (SSSR count). The quantitative estimate of drug-likeness (QED) is 0.698. The van der Waals surface area contributed by atoms with E-state index in [9.17, 15) is 9.59 Å². The maximum atomic E-state index is 11.7. The van der Waals surface area contributed by atoms with Crippen LogP contribution in [0.5, 0.6) is 0 Å². The van der Waals surface area contributed by atoms with Gasteiger partial charge in [0.05, 0.1) is 0 Å². The Morgan fingerprint density at radius 1 is 1.59 bits per heavy atom. The Bertz CT molecular complexity index is 290. The summed E-state index contributed by atoms with van der Waals surface area (Å²) in [4.78, 5) is 23.5. The second-order valence-electron chi connectivity index (χ2n) is 3.98. The van der Waals surface area contributed by atoms with Crippen molar-refractivity contribution in [2.24, 2.45) is 5.92 Å². The minimum Gasteiger partial charge on any atom is -0.480 e. The fraction of sp³-hybridized carbons (Fsp3) is 0.636. The average molecular weight is 258 g/mol. The van der Waals surface area contributed by atoms with E-state index in [1.165, 1.54) is 11.0 Å². The zero-order valence-corrected chi connectivity index (χ0v) is 10.5. The van der Waals surface area contributed by atoms with E-state index in [1.54, 1.807) is 0 Å². The molecule has 0 bridgehead atoms. The molecule has 0 aromatic heterocycles. The fourth-order valence-corrected chi connectivity index (χ4v) is 2.91. The van der Waals surface area contributed by atoms with Crippen molar-refractivity contribution in [2.75, 3.05) is 31.1 Å². The number of nitrogens with zero attached hydrogens (tertiary/aromatic N) is 1. The smallest absolute Gasteiger partial charge is 0.323 e. The highest BCUT2D eigenvalue weighted by Gasteiger charge is 2.19. The van der Waals surface area contributed by atoms with Gasteiger partial charge in [-0.05, 0) is 23.8 Å². The van der Waals surface area contributed by atoms with E-state index in [4.69, 9.17) is 5.11 Å². The molecule has 5 nitrogen and oxygen atoms in total. The van der Waals surface area contributed by atoms with Gasteiger partial charge in [0.15, 0.2) is 0 Å². The van der Waals surface area contributed by atoms with Gasteiger partial charge in [0.2, 0.25) is 0 Å². The Labute approximate surface area is 105 Å². The van der Waals surface area contributed by atoms with E-state index in [-0.39, 0.29) is 19.1 Å². The first-order valence-electron chi connectivity index (χ1n) is 5.56. The number of thioether (sulfide) groups is 1. The van der Waals surface area contributed by atoms with E-state index in [0.717, 1.165) is 17.9 Å². The van der Waals surface area contributed by atoms with Crippen LogP contribution in [0.4, 0.5) is 4.79 Å². The Morgan fingerprint density at radius 2 is 2.35 bits per heavy atom. The minimum absolute atomic E-state index is 0.248. The lowest BCUT2D eigenvalue weighted by Gasteiger charge is -2.20. The van der Waals surface area contributed by atoms with Crippen LogP contribution in [0.25, 0.3) is 0 Å². The lowest BCUT2D eigenvalue weighted by molar-refractivity contribution is -0.137. The summed E-state index contributed by atoms with van der Waals surface area (Å²) in [6.45, 7) is 4.09. The van der Waals surface area contributed by atoms with Gasteiger partial charge in [-0.25, -0.2) is 4.79 Å². The first kappa shape index (κ1) is 13.9. The van der Waals surface area contributed by atoms with Crippen molar-refractivity contribution in [2.45, 2.75) is 6.42 Å². The summed E-state index contributed by atoms with van der Waals surface area (Å²) in [7, 11) is 0. The van der Waals surface area contributed by atoms with E-state index in [0.29, 0.717) is 12.5 Å². The van der Waals surface area contributed by atoms with Crippen LogP contribution in [0.15, 0.2) is 12.7 Å². The van der Waals surface area contributed by atoms with Crippen LogP contribution in [0, 0.1) is 5.92 Å². The van der Waals surface area contributed by atoms with Gasteiger partial charge in [-0.2, -0.15) is 11.8 Å². The van der Waals surface area contributed by atoms with Gasteiger partial charge in [0.25, 0.3) is 0 Å². The average Bonchev–Trinajstić information content (AvgIpc) is 2.77. The monoisotopic (exact) mass is 258 g/mol. The molecule has 1 heterocycles. The number of aliphatic carboxylic acids is 1. The van der Waals surface area contributed by atoms with Gasteiger partial charge in [-0.15, -0.1) is 6.58 Å². The normalized spacial score (nSPS) is 18.7. The van der Waals surface area contributed by atoms with Crippen LogP contribution >= 0.6 is 11.8 Å². The summed E-state index contributed by atoms with van der Waals surface area (Å²) in [5, 5.41) is 11.5. The number of nitrogens with one attached hydrogen (secondary N) is 1. The van der Waals surface area contributed by atoms with E-state index >= 15 is 0 Å². The van der Waals surface area contributed by atoms with E-state index in [1.807, 2.05) is 11.8 Å². The van der Waals surface area contributed by atoms with Crippen LogP contribution in [0.1, 0.15) is 6.42 Å². The Hall–Kier alpha value is -1.17. The molecule has 0 radical (unpaired) electrons. The summed E-state index contributed by atoms with van der Waals surface area (Å²) in [5.41, 5.74) is 0. The Morgan fingerprint density at radius 3 is 2.88 bits per heavy atom. The predicted molar refractivity (Wildman–Crippen MR) is 68.2 cm³/mol. The number of carbonyl (C=O) groups excluding carboxylic acids is 1. The number of rotatable bonds is 6. The zero-order chi connectivity index (χ0) is 12.7. The summed E-state index contributed by atoms with van der Waals surface area (Å²) in [6.07, 6.45) is 2.64. The van der Waals surface area contributed by atoms with Crippen molar-refractivity contribution in [3.05, 3.63) is 12.7 Å². The van der Waals surface area contributed by atoms with Gasteiger partial charge >= 0.3 is 12.0 Å². The summed E-state index contributed by atoms with van der Waals surface area (Å²) < 4.78 is 0. The number of carboxylic acids is 1. The topological polar surface area (TPSA) is 69.6 Å². The first-order chi connectivity index (χ1) is 8.13. The molecule has 2 N–H and O–H groups in total. The standard InChI is InChI=1S/C11H18N2O3S/c1-2-4-13(7-10(14)15)11(16)12-6-9-3-5-17-8-9/h2,9H,1,3-8H2,(H,12,16)(H,14,15). The molecule has 1 fully saturated rings. The molecule has 0 aromatic carbocycles. The van der Waals surface area contributed by atoms with Gasteiger partial charge in [-0.1, -0.05) is 6.08 Å². The van der Waals surface area contributed by atoms with E-state index in [2.05, 4.69) is 11.9 Å². The molecule has 17 heavy (non-hydrogen) atoms. The highest BCUT2D eigenvalue weighted by Crippen LogP contribution is 2.22. The first-order valence-corrected chi connectivity index (χ1v) is 6.72. The van der Waals surface area contributed by atoms with Crippen LogP contribution < -0.4 is 5.32 Å². The Kier molecular flexibility index (Phi) is 5.90. The maximum Gasteiger partial charge on any atom is 0.323 e. The van der Waals surface area contributed by atoms with Gasteiger partial charge in [0.1, 0.15) is 6.54 Å². The highest BCUT2D eigenvalue weighted by atomic mass is 32.2. The van der Waals surface area contributed by atoms with Gasteiger partial charge in [-0.3, -0.25) is 4.79 Å². The third-order valence-corrected chi connectivity index (χ3v) is 3.76. The number of urea groups is 1. The summed E-state index contributed by atoms with van der Waals surface area (Å²) in [5.74, 6) is 1.71. The molecule has 0 aliphatic carbocycles. The molecule has 6 heteroatoms. The molecule has 1 saturated heterocycles. The predicted octanol–water partition coefficient (Wildman–Crippen LogP) is 1.02. The largest absolute Gasteiger partial charge is 0.480 e. The lowest BCUT2D eigenvalue weighted by atomic mass is 10.1. The number of carboxylic acid groups (broad SMARTS) is 1. The molecular weight excluding hydrogens is 240 g/mol. The van der Waals surface area contributed by atoms with Crippen molar-refractivity contribution < 1.29 is 14.7 Å². The number of amides is 2. The number of hydrogen-bond acceptors (Lipinski definition) is 3.